The van der Waals surface area contributed by atoms with Crippen molar-refractivity contribution in [3.8, 4) is 17.1 Å². The number of aryl methyl sites for hydroxylation is 1. The topological polar surface area (TPSA) is 124 Å². The summed E-state index contributed by atoms with van der Waals surface area (Å²) >= 11 is 0. The van der Waals surface area contributed by atoms with Gasteiger partial charge in [0.05, 0.1) is 11.0 Å². The number of aliphatic hydroxyl groups excluding tert-OH is 1. The molecule has 3 rings (SSSR count). The molecule has 9 heteroatoms. The molecule has 0 amide bonds. The standard InChI is InChI=1S/C22H26N4O5/c1-14(2)20(23-12-18(27)13-30-19-7-5-4-6-15(19)3)22-24-21(25-31-22)16-8-10-17(11-9-16)26(28)29/h4-11,14,18,20,23,27H,12-13H2,1-3H3. The molecule has 0 radical (unpaired) electrons. The van der Waals surface area contributed by atoms with E-state index in [2.05, 4.69) is 15.5 Å². The number of nitro groups is 1. The van der Waals surface area contributed by atoms with Crippen LogP contribution in [0.15, 0.2) is 53.1 Å². The number of rotatable bonds is 10. The minimum absolute atomic E-state index is 0.00362. The van der Waals surface area contributed by atoms with E-state index in [0.29, 0.717) is 17.3 Å². The predicted molar refractivity (Wildman–Crippen MR) is 115 cm³/mol. The number of aliphatic hydroxyl groups is 1. The summed E-state index contributed by atoms with van der Waals surface area (Å²) in [5, 5.41) is 28.4. The second-order valence-electron chi connectivity index (χ2n) is 7.62. The first-order valence-electron chi connectivity index (χ1n) is 10.0. The van der Waals surface area contributed by atoms with E-state index in [9.17, 15) is 15.2 Å². The second kappa shape index (κ2) is 10.1. The van der Waals surface area contributed by atoms with Crippen molar-refractivity contribution in [2.45, 2.75) is 32.9 Å². The van der Waals surface area contributed by atoms with Gasteiger partial charge in [-0.2, -0.15) is 4.98 Å². The predicted octanol–water partition coefficient (Wildman–Crippen LogP) is 3.68. The number of para-hydroxylation sites is 1. The number of benzene rings is 2. The van der Waals surface area contributed by atoms with Gasteiger partial charge in [0, 0.05) is 24.2 Å². The van der Waals surface area contributed by atoms with Gasteiger partial charge in [0.1, 0.15) is 18.5 Å². The molecule has 0 spiro atoms. The minimum Gasteiger partial charge on any atom is -0.491 e. The van der Waals surface area contributed by atoms with Crippen molar-refractivity contribution in [2.75, 3.05) is 13.2 Å². The highest BCUT2D eigenvalue weighted by atomic mass is 16.6. The van der Waals surface area contributed by atoms with E-state index in [-0.39, 0.29) is 30.8 Å². The molecule has 31 heavy (non-hydrogen) atoms. The van der Waals surface area contributed by atoms with Crippen LogP contribution in [0.2, 0.25) is 0 Å². The lowest BCUT2D eigenvalue weighted by Gasteiger charge is -2.21. The summed E-state index contributed by atoms with van der Waals surface area (Å²) in [6.07, 6.45) is -0.724. The molecule has 0 aliphatic carbocycles. The van der Waals surface area contributed by atoms with Crippen LogP contribution in [-0.4, -0.2) is 39.4 Å². The maximum atomic E-state index is 10.8. The Morgan fingerprint density at radius 2 is 1.90 bits per heavy atom. The fourth-order valence-electron chi connectivity index (χ4n) is 3.05. The molecule has 2 aromatic carbocycles. The molecule has 164 valence electrons. The molecule has 0 fully saturated rings. The zero-order chi connectivity index (χ0) is 22.4. The molecular weight excluding hydrogens is 400 g/mol. The Bertz CT molecular complexity index is 1000. The Balaban J connectivity index is 1.60. The smallest absolute Gasteiger partial charge is 0.269 e. The van der Waals surface area contributed by atoms with E-state index < -0.39 is 11.0 Å². The molecule has 0 saturated carbocycles. The van der Waals surface area contributed by atoms with E-state index in [1.165, 1.54) is 12.1 Å². The minimum atomic E-state index is -0.724. The van der Waals surface area contributed by atoms with Gasteiger partial charge < -0.3 is 19.7 Å². The normalized spacial score (nSPS) is 13.2. The largest absolute Gasteiger partial charge is 0.491 e. The third-order valence-corrected chi connectivity index (χ3v) is 4.81. The molecule has 3 aromatic rings. The zero-order valence-electron chi connectivity index (χ0n) is 17.7. The van der Waals surface area contributed by atoms with Gasteiger partial charge in [0.15, 0.2) is 0 Å². The Hall–Kier alpha value is -3.30. The van der Waals surface area contributed by atoms with Gasteiger partial charge >= 0.3 is 0 Å². The number of nitrogens with one attached hydrogen (secondary N) is 1. The molecule has 0 bridgehead atoms. The summed E-state index contributed by atoms with van der Waals surface area (Å²) in [5.41, 5.74) is 1.62. The molecule has 1 aromatic heterocycles. The summed E-state index contributed by atoms with van der Waals surface area (Å²) < 4.78 is 11.1. The fourth-order valence-corrected chi connectivity index (χ4v) is 3.05. The Morgan fingerprint density at radius 3 is 2.55 bits per heavy atom. The summed E-state index contributed by atoms with van der Waals surface area (Å²) in [7, 11) is 0. The number of non-ortho nitro benzene ring substituents is 1. The highest BCUT2D eigenvalue weighted by Gasteiger charge is 2.24. The Kier molecular flexibility index (Phi) is 7.32. The molecule has 0 saturated heterocycles. The molecule has 1 heterocycles. The van der Waals surface area contributed by atoms with Gasteiger partial charge in [-0.3, -0.25) is 10.1 Å². The van der Waals surface area contributed by atoms with Crippen LogP contribution in [0.3, 0.4) is 0 Å². The second-order valence-corrected chi connectivity index (χ2v) is 7.62. The first-order chi connectivity index (χ1) is 14.8. The van der Waals surface area contributed by atoms with Crippen molar-refractivity contribution in [3.63, 3.8) is 0 Å². The van der Waals surface area contributed by atoms with Gasteiger partial charge in [-0.05, 0) is 36.6 Å². The lowest BCUT2D eigenvalue weighted by molar-refractivity contribution is -0.384. The van der Waals surface area contributed by atoms with Crippen molar-refractivity contribution < 1.29 is 19.3 Å². The van der Waals surface area contributed by atoms with Gasteiger partial charge in [-0.25, -0.2) is 0 Å². The van der Waals surface area contributed by atoms with Gasteiger partial charge in [-0.1, -0.05) is 37.2 Å². The van der Waals surface area contributed by atoms with E-state index in [1.807, 2.05) is 45.0 Å². The number of hydrogen-bond acceptors (Lipinski definition) is 8. The van der Waals surface area contributed by atoms with Crippen LogP contribution in [0.4, 0.5) is 5.69 Å². The first-order valence-corrected chi connectivity index (χ1v) is 10.0. The quantitative estimate of drug-likeness (QED) is 0.372. The van der Waals surface area contributed by atoms with Crippen molar-refractivity contribution in [2.24, 2.45) is 5.92 Å². The molecule has 2 unspecified atom stereocenters. The number of nitrogens with zero attached hydrogens (tertiary/aromatic N) is 3. The zero-order valence-corrected chi connectivity index (χ0v) is 17.7. The maximum Gasteiger partial charge on any atom is 0.269 e. The average Bonchev–Trinajstić information content (AvgIpc) is 3.23. The first kappa shape index (κ1) is 22.4. The molecule has 2 N–H and O–H groups in total. The molecule has 0 aliphatic heterocycles. The Labute approximate surface area is 180 Å². The van der Waals surface area contributed by atoms with Crippen LogP contribution in [0.1, 0.15) is 31.3 Å². The maximum absolute atomic E-state index is 10.8. The van der Waals surface area contributed by atoms with E-state index >= 15 is 0 Å². The van der Waals surface area contributed by atoms with Crippen LogP contribution < -0.4 is 10.1 Å². The van der Waals surface area contributed by atoms with Gasteiger partial charge in [-0.15, -0.1) is 0 Å². The van der Waals surface area contributed by atoms with Crippen LogP contribution >= 0.6 is 0 Å². The molecule has 9 nitrogen and oxygen atoms in total. The van der Waals surface area contributed by atoms with Gasteiger partial charge in [0.25, 0.3) is 5.69 Å². The van der Waals surface area contributed by atoms with Crippen LogP contribution in [0.25, 0.3) is 11.4 Å². The average molecular weight is 426 g/mol. The number of nitro benzene ring substituents is 1. The van der Waals surface area contributed by atoms with Crippen LogP contribution in [0, 0.1) is 23.0 Å². The SMILES string of the molecule is Cc1ccccc1OCC(O)CNC(c1nc(-c2ccc([N+](=O)[O-])cc2)no1)C(C)C. The molecule has 0 aliphatic rings. The summed E-state index contributed by atoms with van der Waals surface area (Å²) in [4.78, 5) is 14.8. The number of hydrogen-bond donors (Lipinski definition) is 2. The Morgan fingerprint density at radius 1 is 1.19 bits per heavy atom. The fraction of sp³-hybridized carbons (Fsp3) is 0.364. The van der Waals surface area contributed by atoms with Crippen molar-refractivity contribution in [1.29, 1.82) is 0 Å². The third kappa shape index (κ3) is 5.87. The molecular formula is C22H26N4O5. The summed E-state index contributed by atoms with van der Waals surface area (Å²) in [6, 6.07) is 13.3. The van der Waals surface area contributed by atoms with Crippen LogP contribution in [0.5, 0.6) is 5.75 Å². The summed E-state index contributed by atoms with van der Waals surface area (Å²) in [5.74, 6) is 1.59. The van der Waals surface area contributed by atoms with Gasteiger partial charge in [0.2, 0.25) is 11.7 Å². The van der Waals surface area contributed by atoms with E-state index in [1.54, 1.807) is 12.1 Å². The highest BCUT2D eigenvalue weighted by Crippen LogP contribution is 2.25. The van der Waals surface area contributed by atoms with E-state index in [0.717, 1.165) is 11.3 Å². The molecule has 2 atom stereocenters. The van der Waals surface area contributed by atoms with Crippen molar-refractivity contribution in [3.05, 3.63) is 70.1 Å². The monoisotopic (exact) mass is 426 g/mol. The summed E-state index contributed by atoms with van der Waals surface area (Å²) in [6.45, 7) is 6.39. The number of aromatic nitrogens is 2. The third-order valence-electron chi connectivity index (χ3n) is 4.81. The van der Waals surface area contributed by atoms with Crippen molar-refractivity contribution in [1.82, 2.24) is 15.5 Å². The lowest BCUT2D eigenvalue weighted by Crippen LogP contribution is -2.36. The highest BCUT2D eigenvalue weighted by molar-refractivity contribution is 5.56. The van der Waals surface area contributed by atoms with Crippen molar-refractivity contribution >= 4 is 5.69 Å². The number of ether oxygens (including phenoxy) is 1. The van der Waals surface area contributed by atoms with E-state index in [4.69, 9.17) is 9.26 Å². The van der Waals surface area contributed by atoms with Crippen LogP contribution in [-0.2, 0) is 0 Å². The lowest BCUT2D eigenvalue weighted by atomic mass is 10.0.